The van der Waals surface area contributed by atoms with Crippen molar-refractivity contribution in [1.29, 1.82) is 0 Å². The van der Waals surface area contributed by atoms with Crippen molar-refractivity contribution in [2.45, 2.75) is 69.7 Å². The highest BCUT2D eigenvalue weighted by atomic mass is 19.4. The van der Waals surface area contributed by atoms with Gasteiger partial charge in [-0.15, -0.1) is 0 Å². The minimum Gasteiger partial charge on any atom is -0.465 e. The third kappa shape index (κ3) is 9.56. The predicted molar refractivity (Wildman–Crippen MR) is 143 cm³/mol. The SMILES string of the molecule is CNC[C@H](CC1CCCCC1)NC(=O)N1CCC[C@@H]([C@@H](OCCN(C)C(=O)O)c2cccc(C(F)(F)F)c2)C1. The molecule has 1 aliphatic carbocycles. The molecule has 1 saturated carbocycles. The Bertz CT molecular complexity index is 926. The van der Waals surface area contributed by atoms with Crippen molar-refractivity contribution in [3.05, 3.63) is 35.4 Å². The molecule has 3 amide bonds. The fourth-order valence-corrected chi connectivity index (χ4v) is 5.78. The largest absolute Gasteiger partial charge is 0.465 e. The molecule has 0 bridgehead atoms. The molecule has 1 aliphatic heterocycles. The summed E-state index contributed by atoms with van der Waals surface area (Å²) in [6, 6.07) is 4.93. The quantitative estimate of drug-likeness (QED) is 0.342. The number of piperidine rings is 1. The molecular weight excluding hydrogens is 513 g/mol. The van der Waals surface area contributed by atoms with E-state index in [4.69, 9.17) is 9.84 Å². The van der Waals surface area contributed by atoms with Gasteiger partial charge in [0, 0.05) is 45.2 Å². The number of likely N-dealkylation sites (tertiary alicyclic amines) is 1. The zero-order valence-electron chi connectivity index (χ0n) is 23.0. The lowest BCUT2D eigenvalue weighted by Crippen LogP contribution is -2.52. The number of halogens is 3. The van der Waals surface area contributed by atoms with Crippen LogP contribution < -0.4 is 10.6 Å². The summed E-state index contributed by atoms with van der Waals surface area (Å²) in [5.41, 5.74) is -0.389. The van der Waals surface area contributed by atoms with Crippen molar-refractivity contribution >= 4 is 12.1 Å². The minimum absolute atomic E-state index is 0.00745. The van der Waals surface area contributed by atoms with E-state index in [1.54, 1.807) is 11.0 Å². The van der Waals surface area contributed by atoms with Crippen molar-refractivity contribution < 1.29 is 32.6 Å². The van der Waals surface area contributed by atoms with Crippen molar-refractivity contribution in [1.82, 2.24) is 20.4 Å². The van der Waals surface area contributed by atoms with Crippen molar-refractivity contribution in [3.8, 4) is 0 Å². The van der Waals surface area contributed by atoms with Crippen molar-refractivity contribution in [2.24, 2.45) is 11.8 Å². The number of hydrogen-bond donors (Lipinski definition) is 3. The predicted octanol–water partition coefficient (Wildman–Crippen LogP) is 5.35. The van der Waals surface area contributed by atoms with E-state index in [1.807, 2.05) is 7.05 Å². The Balaban J connectivity index is 1.71. The normalized spacial score (nSPS) is 20.3. The van der Waals surface area contributed by atoms with E-state index in [0.29, 0.717) is 44.0 Å². The smallest absolute Gasteiger partial charge is 0.416 e. The molecule has 2 fully saturated rings. The fraction of sp³-hybridized carbons (Fsp3) is 0.714. The number of nitrogens with zero attached hydrogens (tertiary/aromatic N) is 2. The number of benzene rings is 1. The van der Waals surface area contributed by atoms with Crippen LogP contribution in [0.15, 0.2) is 24.3 Å². The van der Waals surface area contributed by atoms with Gasteiger partial charge in [-0.2, -0.15) is 13.2 Å². The molecule has 0 radical (unpaired) electrons. The fourth-order valence-electron chi connectivity index (χ4n) is 5.78. The standard InChI is InChI=1S/C28H43F3N4O4/c1-32-18-24(16-20-8-4-3-5-9-20)33-26(36)35-13-7-11-22(19-35)25(39-15-14-34(2)27(37)38)21-10-6-12-23(17-21)28(29,30)31/h6,10,12,17,20,22,24-25,32H,3-5,7-9,11,13-16,18-19H2,1-2H3,(H,33,36)(H,37,38)/t22-,24+,25+/m1/s1. The van der Waals surface area contributed by atoms with E-state index in [-0.39, 0.29) is 31.1 Å². The third-order valence-electron chi connectivity index (χ3n) is 7.89. The average Bonchev–Trinajstić information content (AvgIpc) is 2.91. The molecule has 1 saturated heterocycles. The molecule has 8 nitrogen and oxygen atoms in total. The lowest BCUT2D eigenvalue weighted by molar-refractivity contribution is -0.137. The molecule has 3 atom stereocenters. The number of hydrogen-bond acceptors (Lipinski definition) is 4. The van der Waals surface area contributed by atoms with Gasteiger partial charge in [-0.3, -0.25) is 0 Å². The Morgan fingerprint density at radius 2 is 1.92 bits per heavy atom. The highest BCUT2D eigenvalue weighted by molar-refractivity contribution is 5.74. The van der Waals surface area contributed by atoms with Crippen LogP contribution in [0, 0.1) is 11.8 Å². The molecule has 3 N–H and O–H groups in total. The first kappa shape index (κ1) is 31.0. The van der Waals surface area contributed by atoms with Crippen LogP contribution >= 0.6 is 0 Å². The maximum Gasteiger partial charge on any atom is 0.416 e. The first-order valence-electron chi connectivity index (χ1n) is 14.0. The number of carbonyl (C=O) groups is 2. The molecule has 11 heteroatoms. The molecule has 3 rings (SSSR count). The highest BCUT2D eigenvalue weighted by Gasteiger charge is 2.35. The first-order valence-corrected chi connectivity index (χ1v) is 14.0. The third-order valence-corrected chi connectivity index (χ3v) is 7.89. The number of nitrogens with one attached hydrogen (secondary N) is 2. The van der Waals surface area contributed by atoms with Gasteiger partial charge in [0.1, 0.15) is 0 Å². The van der Waals surface area contributed by atoms with Gasteiger partial charge in [0.2, 0.25) is 0 Å². The number of rotatable bonds is 11. The summed E-state index contributed by atoms with van der Waals surface area (Å²) in [6.07, 6.45) is 2.11. The molecule has 220 valence electrons. The lowest BCUT2D eigenvalue weighted by Gasteiger charge is -2.38. The maximum atomic E-state index is 13.5. The van der Waals surface area contributed by atoms with Crippen LogP contribution in [0.2, 0.25) is 0 Å². The molecule has 0 spiro atoms. The van der Waals surface area contributed by atoms with Crippen LogP contribution in [0.25, 0.3) is 0 Å². The number of carbonyl (C=O) groups excluding carboxylic acids is 1. The van der Waals surface area contributed by atoms with E-state index < -0.39 is 23.9 Å². The molecule has 2 aliphatic rings. The molecular formula is C28H43F3N4O4. The van der Waals surface area contributed by atoms with Gasteiger partial charge >= 0.3 is 18.3 Å². The van der Waals surface area contributed by atoms with Gasteiger partial charge in [-0.25, -0.2) is 9.59 Å². The average molecular weight is 557 g/mol. The van der Waals surface area contributed by atoms with Crippen LogP contribution in [0.5, 0.6) is 0 Å². The van der Waals surface area contributed by atoms with E-state index in [9.17, 15) is 22.8 Å². The zero-order valence-corrected chi connectivity index (χ0v) is 23.0. The topological polar surface area (TPSA) is 94.1 Å². The van der Waals surface area contributed by atoms with Crippen molar-refractivity contribution in [2.75, 3.05) is 46.9 Å². The zero-order chi connectivity index (χ0) is 28.4. The monoisotopic (exact) mass is 556 g/mol. The van der Waals surface area contributed by atoms with Gasteiger partial charge in [0.05, 0.1) is 18.3 Å². The number of urea groups is 1. The summed E-state index contributed by atoms with van der Waals surface area (Å²) in [4.78, 5) is 27.3. The summed E-state index contributed by atoms with van der Waals surface area (Å²) in [5, 5.41) is 15.5. The lowest BCUT2D eigenvalue weighted by atomic mass is 9.85. The van der Waals surface area contributed by atoms with Gasteiger partial charge in [0.25, 0.3) is 0 Å². The van der Waals surface area contributed by atoms with Crippen LogP contribution in [0.1, 0.15) is 68.6 Å². The Labute approximate surface area is 229 Å². The molecule has 1 aromatic carbocycles. The second-order valence-electron chi connectivity index (χ2n) is 10.9. The summed E-state index contributed by atoms with van der Waals surface area (Å²) in [7, 11) is 3.28. The molecule has 39 heavy (non-hydrogen) atoms. The van der Waals surface area contributed by atoms with E-state index in [1.165, 1.54) is 45.2 Å². The Kier molecular flexibility index (Phi) is 11.7. The van der Waals surface area contributed by atoms with Crippen LogP contribution in [0.4, 0.5) is 22.8 Å². The molecule has 0 unspecified atom stereocenters. The van der Waals surface area contributed by atoms with E-state index in [0.717, 1.165) is 23.5 Å². The van der Waals surface area contributed by atoms with Crippen LogP contribution in [-0.4, -0.2) is 80.0 Å². The number of amides is 3. The van der Waals surface area contributed by atoms with Gasteiger partial charge in [-0.05, 0) is 49.9 Å². The number of alkyl halides is 3. The molecule has 0 aromatic heterocycles. The van der Waals surface area contributed by atoms with Crippen LogP contribution in [-0.2, 0) is 10.9 Å². The summed E-state index contributed by atoms with van der Waals surface area (Å²) in [5.74, 6) is 0.373. The Morgan fingerprint density at radius 1 is 1.18 bits per heavy atom. The maximum absolute atomic E-state index is 13.5. The Hall–Kier alpha value is -2.53. The second kappa shape index (κ2) is 14.7. The van der Waals surface area contributed by atoms with Crippen LogP contribution in [0.3, 0.4) is 0 Å². The first-order chi connectivity index (χ1) is 18.6. The van der Waals surface area contributed by atoms with Gasteiger partial charge in [0.15, 0.2) is 0 Å². The molecule has 1 aromatic rings. The summed E-state index contributed by atoms with van der Waals surface area (Å²) < 4.78 is 46.4. The van der Waals surface area contributed by atoms with E-state index in [2.05, 4.69) is 10.6 Å². The van der Waals surface area contributed by atoms with E-state index >= 15 is 0 Å². The second-order valence-corrected chi connectivity index (χ2v) is 10.9. The van der Waals surface area contributed by atoms with Gasteiger partial charge < -0.3 is 30.3 Å². The number of likely N-dealkylation sites (N-methyl/N-ethyl adjacent to an activating group) is 2. The summed E-state index contributed by atoms with van der Waals surface area (Å²) in [6.45, 7) is 1.69. The van der Waals surface area contributed by atoms with Crippen molar-refractivity contribution in [3.63, 3.8) is 0 Å². The molecule has 1 heterocycles. The van der Waals surface area contributed by atoms with Gasteiger partial charge in [-0.1, -0.05) is 44.2 Å². The summed E-state index contributed by atoms with van der Waals surface area (Å²) >= 11 is 0. The number of carboxylic acid groups (broad SMARTS) is 1. The Morgan fingerprint density at radius 3 is 2.59 bits per heavy atom. The minimum atomic E-state index is -4.50. The number of ether oxygens (including phenoxy) is 1. The highest BCUT2D eigenvalue weighted by Crippen LogP contribution is 2.36.